The summed E-state index contributed by atoms with van der Waals surface area (Å²) in [6, 6.07) is 14.7. The van der Waals surface area contributed by atoms with Crippen LogP contribution in [0, 0.1) is 0 Å². The van der Waals surface area contributed by atoms with Crippen molar-refractivity contribution in [2.24, 2.45) is 5.73 Å². The van der Waals surface area contributed by atoms with Crippen molar-refractivity contribution in [2.75, 3.05) is 18.5 Å². The Morgan fingerprint density at radius 3 is 2.61 bits per heavy atom. The summed E-state index contributed by atoms with van der Waals surface area (Å²) in [6.45, 7) is 4.64. The monoisotopic (exact) mass is 599 g/mol. The summed E-state index contributed by atoms with van der Waals surface area (Å²) in [7, 11) is 0. The Balaban J connectivity index is 0.00000384. The average molecular weight is 600 g/mol. The molecule has 1 spiro atoms. The van der Waals surface area contributed by atoms with E-state index < -0.39 is 17.4 Å². The number of fused-ring (bicyclic) bond motifs is 3. The van der Waals surface area contributed by atoms with Crippen LogP contribution in [0.4, 0.5) is 5.69 Å². The van der Waals surface area contributed by atoms with Crippen molar-refractivity contribution in [3.05, 3.63) is 77.6 Å². The number of β-amino-alcohol motifs (C(OH)–C–C–N with tert-alkyl or cyclic N) is 1. The molecule has 1 aliphatic heterocycles. The highest BCUT2D eigenvalue weighted by molar-refractivity contribution is 6.07. The van der Waals surface area contributed by atoms with Gasteiger partial charge in [-0.3, -0.25) is 9.59 Å². The topological polar surface area (TPSA) is 152 Å². The van der Waals surface area contributed by atoms with Gasteiger partial charge in [0.15, 0.2) is 5.75 Å². The van der Waals surface area contributed by atoms with Crippen LogP contribution in [-0.4, -0.2) is 51.7 Å². The Bertz CT molecular complexity index is 1660. The third-order valence-electron chi connectivity index (χ3n) is 8.52. The fourth-order valence-electron chi connectivity index (χ4n) is 6.35. The zero-order valence-corrected chi connectivity index (χ0v) is 24.4. The van der Waals surface area contributed by atoms with Crippen molar-refractivity contribution in [2.45, 2.75) is 70.4 Å². The van der Waals surface area contributed by atoms with E-state index in [0.717, 1.165) is 53.4 Å². The molecule has 6 N–H and O–H groups in total. The van der Waals surface area contributed by atoms with E-state index in [4.69, 9.17) is 15.2 Å². The Labute approximate surface area is 257 Å². The number of aliphatic hydroxyl groups is 1. The third kappa shape index (κ3) is 6.00. The molecule has 10 nitrogen and oxygen atoms in total. The van der Waals surface area contributed by atoms with Gasteiger partial charge in [0.2, 0.25) is 17.7 Å². The van der Waals surface area contributed by atoms with E-state index >= 15 is 0 Å². The lowest BCUT2D eigenvalue weighted by atomic mass is 9.79. The van der Waals surface area contributed by atoms with Gasteiger partial charge in [-0.15, -0.1) is 0 Å². The maximum Gasteiger partial charge on any atom is 0.250 e. The van der Waals surface area contributed by atoms with Crippen molar-refractivity contribution in [3.63, 3.8) is 0 Å². The van der Waals surface area contributed by atoms with Gasteiger partial charge < -0.3 is 35.9 Å². The van der Waals surface area contributed by atoms with Crippen LogP contribution < -0.4 is 25.8 Å². The molecule has 44 heavy (non-hydrogen) atoms. The molecule has 0 unspecified atom stereocenters. The van der Waals surface area contributed by atoms with Gasteiger partial charge in [-0.2, -0.15) is 0 Å². The number of nitrogens with two attached hydrogens (primary N) is 1. The minimum absolute atomic E-state index is 0. The highest BCUT2D eigenvalue weighted by Gasteiger charge is 2.50. The molecule has 0 radical (unpaired) electrons. The maximum atomic E-state index is 12.9. The van der Waals surface area contributed by atoms with E-state index in [1.54, 1.807) is 12.1 Å². The summed E-state index contributed by atoms with van der Waals surface area (Å²) in [6.07, 6.45) is 7.01. The molecular weight excluding hydrogens is 558 g/mol. The van der Waals surface area contributed by atoms with Crippen LogP contribution in [0.3, 0.4) is 0 Å². The van der Waals surface area contributed by atoms with Gasteiger partial charge in [0.25, 0.3) is 0 Å². The number of amides is 2. The van der Waals surface area contributed by atoms with Crippen LogP contribution >= 0.6 is 0 Å². The molecule has 0 bridgehead atoms. The number of pyridine rings is 1. The second-order valence-corrected chi connectivity index (χ2v) is 12.2. The Morgan fingerprint density at radius 2 is 1.89 bits per heavy atom. The second kappa shape index (κ2) is 12.3. The standard InChI is InChI=1S/C33H37N5O5.CH4/c1-32(2,15-21-17-36-29-23(21)7-5-10-26(29)43-27-12-11-20(16-35-27)30(34)40)37-18-22(39)19-42-25-9-6-8-24-28(25)33(31(41)38-24)13-3-4-14-33;/h5-12,16-17,22,36-37,39H,3-4,13-15,18-19H2,1-2H3,(H2,34,40)(H,38,41);1H4/t22-;/m0./s1. The van der Waals surface area contributed by atoms with E-state index in [1.165, 1.54) is 6.20 Å². The van der Waals surface area contributed by atoms with Gasteiger partial charge in [-0.1, -0.05) is 38.5 Å². The number of hydrogen-bond donors (Lipinski definition) is 5. The smallest absolute Gasteiger partial charge is 0.250 e. The summed E-state index contributed by atoms with van der Waals surface area (Å²) < 4.78 is 12.1. The molecule has 4 aromatic rings. The first kappa shape index (κ1) is 31.0. The van der Waals surface area contributed by atoms with Crippen LogP contribution in [-0.2, 0) is 16.6 Å². The number of ether oxygens (including phenoxy) is 2. The molecule has 1 aliphatic carbocycles. The van der Waals surface area contributed by atoms with E-state index in [1.807, 2.05) is 42.6 Å². The molecule has 2 amide bonds. The molecule has 6 rings (SSSR count). The predicted octanol–water partition coefficient (Wildman–Crippen LogP) is 5.20. The number of hydrogen-bond acceptors (Lipinski definition) is 7. The number of primary amides is 1. The predicted molar refractivity (Wildman–Crippen MR) is 170 cm³/mol. The quantitative estimate of drug-likeness (QED) is 0.159. The number of aliphatic hydroxyl groups excluding tert-OH is 1. The molecule has 2 aromatic heterocycles. The van der Waals surface area contributed by atoms with E-state index in [9.17, 15) is 14.7 Å². The van der Waals surface area contributed by atoms with Gasteiger partial charge in [-0.25, -0.2) is 4.98 Å². The summed E-state index contributed by atoms with van der Waals surface area (Å²) >= 11 is 0. The van der Waals surface area contributed by atoms with E-state index in [0.29, 0.717) is 35.9 Å². The minimum atomic E-state index is -0.740. The highest BCUT2D eigenvalue weighted by atomic mass is 16.5. The Morgan fingerprint density at radius 1 is 1.14 bits per heavy atom. The average Bonchev–Trinajstić information content (AvgIpc) is 3.70. The minimum Gasteiger partial charge on any atom is -0.490 e. The zero-order valence-electron chi connectivity index (χ0n) is 24.4. The third-order valence-corrected chi connectivity index (χ3v) is 8.52. The molecule has 2 aliphatic rings. The number of para-hydroxylation sites is 1. The SMILES string of the molecule is C.CC(C)(Cc1c[nH]c2c(Oc3ccc(C(N)=O)cn3)cccc12)NC[C@H](O)COc1cccc2c1C1(CCCC1)C(=O)N2. The molecule has 1 saturated carbocycles. The van der Waals surface area contributed by atoms with Crippen LogP contribution in [0.25, 0.3) is 10.9 Å². The lowest BCUT2D eigenvalue weighted by Gasteiger charge is -2.28. The Kier molecular flexibility index (Phi) is 8.67. The van der Waals surface area contributed by atoms with Crippen molar-refractivity contribution < 1.29 is 24.2 Å². The maximum absolute atomic E-state index is 12.9. The number of carbonyl (C=O) groups is 2. The molecule has 1 atom stereocenters. The number of anilines is 1. The number of H-pyrrole nitrogens is 1. The normalized spacial score (nSPS) is 15.9. The fourth-order valence-corrected chi connectivity index (χ4v) is 6.35. The number of aromatic nitrogens is 2. The summed E-state index contributed by atoms with van der Waals surface area (Å²) in [4.78, 5) is 31.7. The fraction of sp³-hybridized carbons (Fsp3) is 0.382. The number of nitrogens with zero attached hydrogens (tertiary/aromatic N) is 1. The zero-order chi connectivity index (χ0) is 30.2. The summed E-state index contributed by atoms with van der Waals surface area (Å²) in [5.74, 6) is 1.16. The van der Waals surface area contributed by atoms with Crippen molar-refractivity contribution in [1.82, 2.24) is 15.3 Å². The molecule has 10 heteroatoms. The molecular formula is C34H41N5O5. The van der Waals surface area contributed by atoms with Crippen molar-refractivity contribution in [3.8, 4) is 17.4 Å². The molecule has 0 saturated heterocycles. The molecule has 1 fully saturated rings. The first-order chi connectivity index (χ1) is 20.6. The number of nitrogens with one attached hydrogen (secondary N) is 3. The van der Waals surface area contributed by atoms with E-state index in [2.05, 4.69) is 34.4 Å². The molecule has 232 valence electrons. The second-order valence-electron chi connectivity index (χ2n) is 12.2. The van der Waals surface area contributed by atoms with Crippen molar-refractivity contribution in [1.29, 1.82) is 0 Å². The number of benzene rings is 2. The van der Waals surface area contributed by atoms with Crippen LogP contribution in [0.15, 0.2) is 60.9 Å². The number of aromatic amines is 1. The largest absolute Gasteiger partial charge is 0.490 e. The van der Waals surface area contributed by atoms with Gasteiger partial charge in [0.05, 0.1) is 16.5 Å². The lowest BCUT2D eigenvalue weighted by Crippen LogP contribution is -2.46. The Hall–Kier alpha value is -4.41. The summed E-state index contributed by atoms with van der Waals surface area (Å²) in [5.41, 5.74) is 8.47. The van der Waals surface area contributed by atoms with Crippen molar-refractivity contribution >= 4 is 28.4 Å². The van der Waals surface area contributed by atoms with Crippen LogP contribution in [0.2, 0.25) is 0 Å². The van der Waals surface area contributed by atoms with Gasteiger partial charge >= 0.3 is 0 Å². The molecule has 2 aromatic carbocycles. The molecule has 3 heterocycles. The first-order valence-electron chi connectivity index (χ1n) is 14.7. The highest BCUT2D eigenvalue weighted by Crippen LogP contribution is 2.52. The van der Waals surface area contributed by atoms with Crippen LogP contribution in [0.1, 0.15) is 68.4 Å². The van der Waals surface area contributed by atoms with Crippen LogP contribution in [0.5, 0.6) is 17.4 Å². The van der Waals surface area contributed by atoms with Gasteiger partial charge in [0.1, 0.15) is 18.5 Å². The summed E-state index contributed by atoms with van der Waals surface area (Å²) in [5, 5.41) is 18.4. The van der Waals surface area contributed by atoms with Gasteiger partial charge in [-0.05, 0) is 62.9 Å². The van der Waals surface area contributed by atoms with E-state index in [-0.39, 0.29) is 25.5 Å². The lowest BCUT2D eigenvalue weighted by molar-refractivity contribution is -0.120. The van der Waals surface area contributed by atoms with Gasteiger partial charge in [0, 0.05) is 47.2 Å². The number of rotatable bonds is 11. The number of carbonyl (C=O) groups excluding carboxylic acids is 2. The first-order valence-corrected chi connectivity index (χ1v) is 14.7.